The van der Waals surface area contributed by atoms with Gasteiger partial charge < -0.3 is 29.4 Å². The number of fused-ring (bicyclic) bond motifs is 8. The number of benzene rings is 13. The summed E-state index contributed by atoms with van der Waals surface area (Å²) in [4.78, 5) is 15.8. The van der Waals surface area contributed by atoms with Gasteiger partial charge in [-0.1, -0.05) is 306 Å². The fourth-order valence-electron chi connectivity index (χ4n) is 18.7. The van der Waals surface area contributed by atoms with Crippen LogP contribution in [-0.2, 0) is 43.3 Å². The van der Waals surface area contributed by atoms with Crippen LogP contribution in [0.25, 0.3) is 0 Å². The molecule has 0 unspecified atom stereocenters. The Bertz CT molecular complexity index is 5520. The van der Waals surface area contributed by atoms with Crippen LogP contribution < -0.4 is 62.2 Å². The van der Waals surface area contributed by atoms with E-state index >= 15 is 0 Å². The summed E-state index contributed by atoms with van der Waals surface area (Å²) >= 11 is 0. The van der Waals surface area contributed by atoms with Crippen molar-refractivity contribution in [2.45, 2.75) is 209 Å². The Hall–Kier alpha value is -11.2. The Kier molecular flexibility index (Phi) is 19.0. The number of hydrogen-bond donors (Lipinski definition) is 0. The Balaban J connectivity index is 1.09. The molecular weight excluding hydrogens is 1430 g/mol. The van der Waals surface area contributed by atoms with Crippen molar-refractivity contribution in [2.75, 3.05) is 29.4 Å². The first kappa shape index (κ1) is 79.3. The Labute approximate surface area is 706 Å². The number of nitrogens with zero attached hydrogens (tertiary/aromatic N) is 6. The predicted molar refractivity (Wildman–Crippen MR) is 513 cm³/mol. The largest absolute Gasteiger partial charge is 0.311 e. The molecule has 4 heterocycles. The molecule has 0 saturated heterocycles. The van der Waals surface area contributed by atoms with Gasteiger partial charge in [-0.3, -0.25) is 0 Å². The van der Waals surface area contributed by atoms with E-state index in [4.69, 9.17) is 0 Å². The first-order chi connectivity index (χ1) is 55.6. The maximum absolute atomic E-state index is 2.77. The topological polar surface area (TPSA) is 19.4 Å². The van der Waals surface area contributed by atoms with Gasteiger partial charge in [0.05, 0.1) is 11.4 Å². The molecule has 17 rings (SSSR count). The molecule has 0 spiro atoms. The van der Waals surface area contributed by atoms with Gasteiger partial charge >= 0.3 is 0 Å². The zero-order valence-corrected chi connectivity index (χ0v) is 74.4. The van der Waals surface area contributed by atoms with Crippen molar-refractivity contribution in [1.82, 2.24) is 0 Å². The molecule has 6 nitrogen and oxygen atoms in total. The second kappa shape index (κ2) is 28.2. The Morgan fingerprint density at radius 3 is 0.661 bits per heavy atom. The maximum atomic E-state index is 2.77. The molecule has 0 aliphatic carbocycles. The highest BCUT2D eigenvalue weighted by Gasteiger charge is 2.52. The van der Waals surface area contributed by atoms with Gasteiger partial charge in [-0.05, 0) is 260 Å². The second-order valence-electron chi connectivity index (χ2n) is 42.1. The van der Waals surface area contributed by atoms with Gasteiger partial charge in [0.15, 0.2) is 0 Å². The smallest absolute Gasteiger partial charge is 0.252 e. The van der Waals surface area contributed by atoms with Crippen LogP contribution in [0.1, 0.15) is 211 Å². The molecule has 0 aromatic heterocycles. The Morgan fingerprint density at radius 1 is 0.186 bits per heavy atom. The Morgan fingerprint density at radius 2 is 0.415 bits per heavy atom. The molecule has 0 radical (unpaired) electrons. The van der Waals surface area contributed by atoms with E-state index in [1.165, 1.54) is 88.7 Å². The molecule has 8 heteroatoms. The molecule has 0 fully saturated rings. The zero-order valence-electron chi connectivity index (χ0n) is 74.4. The fraction of sp³-hybridized carbons (Fsp3) is 0.291. The summed E-state index contributed by atoms with van der Waals surface area (Å²) in [5.41, 5.74) is 36.7. The van der Waals surface area contributed by atoms with E-state index in [9.17, 15) is 0 Å². The lowest BCUT2D eigenvalue weighted by Crippen LogP contribution is -2.66. The van der Waals surface area contributed by atoms with E-state index in [1.54, 1.807) is 0 Å². The van der Waals surface area contributed by atoms with Crippen LogP contribution >= 0.6 is 0 Å². The van der Waals surface area contributed by atoms with Crippen molar-refractivity contribution in [3.8, 4) is 0 Å². The average Bonchev–Trinajstić information content (AvgIpc) is 0.676. The van der Waals surface area contributed by atoms with E-state index in [0.29, 0.717) is 0 Å². The molecule has 594 valence electrons. The highest BCUT2D eigenvalue weighted by atomic mass is 15.2. The molecule has 118 heavy (non-hydrogen) atoms. The minimum atomic E-state index is -0.334. The van der Waals surface area contributed by atoms with E-state index in [-0.39, 0.29) is 56.7 Å². The summed E-state index contributed by atoms with van der Waals surface area (Å²) in [5.74, 6) is 0. The number of para-hydroxylation sites is 6. The molecule has 0 N–H and O–H groups in total. The summed E-state index contributed by atoms with van der Waals surface area (Å²) in [6, 6.07) is 108. The van der Waals surface area contributed by atoms with Crippen LogP contribution in [-0.4, -0.2) is 13.4 Å². The second-order valence-corrected chi connectivity index (χ2v) is 42.1. The number of hydrogen-bond acceptors (Lipinski definition) is 6. The predicted octanol–water partition coefficient (Wildman–Crippen LogP) is 27.2. The fourth-order valence-corrected chi connectivity index (χ4v) is 18.7. The maximum Gasteiger partial charge on any atom is 0.252 e. The normalized spacial score (nSPS) is 14.0. The van der Waals surface area contributed by atoms with Crippen molar-refractivity contribution in [2.24, 2.45) is 0 Å². The molecular formula is C110H118B2N6. The van der Waals surface area contributed by atoms with Crippen molar-refractivity contribution in [3.63, 3.8) is 0 Å². The lowest BCUT2D eigenvalue weighted by molar-refractivity contribution is 0.568. The van der Waals surface area contributed by atoms with E-state index in [2.05, 4.69) is 475 Å². The SMILES string of the molecule is CC(C)(C)c1cc(N2c3cc(N(c4ccccc4)c4ccccc4)cc4c3B(c3cc5c(cc3N4c3ccccc3)N(c3ccccc3)c3cc(N(c4ccccc4)c4ccccc4)cc4c3B5c3c(cc(C(C)(C)C)cc3C(C)(C)C)N4c3cc(C(C)(C)C)cc(C(C)(C)C)c3)c3c2cc(C(C)(C)C)cc3C(C)(C)C)cc(C(C)(C)C)c1. The first-order valence-corrected chi connectivity index (χ1v) is 43.0. The van der Waals surface area contributed by atoms with Gasteiger partial charge in [0, 0.05) is 91.0 Å². The summed E-state index contributed by atoms with van der Waals surface area (Å²) < 4.78 is 0. The van der Waals surface area contributed by atoms with Crippen molar-refractivity contribution < 1.29 is 0 Å². The molecule has 13 aromatic carbocycles. The third-order valence-corrected chi connectivity index (χ3v) is 25.2. The summed E-state index contributed by atoms with van der Waals surface area (Å²) in [5, 5.41) is 0. The summed E-state index contributed by atoms with van der Waals surface area (Å²) in [6.45, 7) is 57.3. The minimum absolute atomic E-state index is 0.180. The van der Waals surface area contributed by atoms with Crippen LogP contribution in [0, 0.1) is 0 Å². The molecule has 0 atom stereocenters. The highest BCUT2D eigenvalue weighted by molar-refractivity contribution is 7.03. The molecule has 4 aliphatic rings. The standard InChI is InChI=1S/C110H118B2N6/c1-103(2,3)71-55-72(104(4,5)6)58-83(57-71)117-93-63-75(107(13,14)15)61-87(109(19,20)21)99(93)111-89-69-90-92(70-91(89)115(81-51-39-29-40-52-81)95-65-85(67-97(117)101(95)111)113(77-43-31-25-32-44-77)78-45-33-26-34-46-78)116(82-53-41-30-42-54-82)96-66-86(114(79-47-35-27-36-48-79)80-49-37-28-38-50-80)68-98-102(96)112(90)100-88(110(22,23)24)62-76(108(16,17)18)64-94(100)118(98)84-59-73(105(7,8)9)56-74(60-84)106(10,11)12/h25-70H,1-24H3. The van der Waals surface area contributed by atoms with Gasteiger partial charge in [0.25, 0.3) is 13.4 Å². The van der Waals surface area contributed by atoms with E-state index < -0.39 is 0 Å². The van der Waals surface area contributed by atoms with Gasteiger partial charge in [-0.25, -0.2) is 0 Å². The van der Waals surface area contributed by atoms with Crippen molar-refractivity contribution >= 4 is 149 Å². The first-order valence-electron chi connectivity index (χ1n) is 43.0. The van der Waals surface area contributed by atoms with E-state index in [0.717, 1.165) is 91.0 Å². The lowest BCUT2D eigenvalue weighted by Gasteiger charge is -2.49. The van der Waals surface area contributed by atoms with Crippen LogP contribution in [0.3, 0.4) is 0 Å². The monoisotopic (exact) mass is 1540 g/mol. The number of anilines is 18. The quantitative estimate of drug-likeness (QED) is 0.126. The molecule has 13 aromatic rings. The average molecular weight is 1550 g/mol. The summed E-state index contributed by atoms with van der Waals surface area (Å²) in [7, 11) is 0. The summed E-state index contributed by atoms with van der Waals surface area (Å²) in [6.07, 6.45) is 0. The van der Waals surface area contributed by atoms with Gasteiger partial charge in [0.1, 0.15) is 0 Å². The van der Waals surface area contributed by atoms with E-state index in [1.807, 2.05) is 0 Å². The molecule has 0 saturated carbocycles. The van der Waals surface area contributed by atoms with Crippen LogP contribution in [0.2, 0.25) is 0 Å². The zero-order chi connectivity index (χ0) is 83.6. The van der Waals surface area contributed by atoms with Crippen LogP contribution in [0.4, 0.5) is 102 Å². The van der Waals surface area contributed by atoms with Gasteiger partial charge in [-0.2, -0.15) is 0 Å². The van der Waals surface area contributed by atoms with Crippen LogP contribution in [0.15, 0.2) is 279 Å². The molecule has 0 amide bonds. The highest BCUT2D eigenvalue weighted by Crippen LogP contribution is 2.56. The minimum Gasteiger partial charge on any atom is -0.311 e. The lowest BCUT2D eigenvalue weighted by atomic mass is 9.29. The van der Waals surface area contributed by atoms with Crippen molar-refractivity contribution in [1.29, 1.82) is 0 Å². The van der Waals surface area contributed by atoms with Gasteiger partial charge in [0.2, 0.25) is 0 Å². The van der Waals surface area contributed by atoms with Crippen molar-refractivity contribution in [3.05, 3.63) is 324 Å². The third-order valence-electron chi connectivity index (χ3n) is 25.2. The molecule has 4 aliphatic heterocycles. The molecule has 0 bridgehead atoms. The van der Waals surface area contributed by atoms with Crippen LogP contribution in [0.5, 0.6) is 0 Å². The third kappa shape index (κ3) is 13.9. The number of rotatable bonds is 10. The van der Waals surface area contributed by atoms with Gasteiger partial charge in [-0.15, -0.1) is 0 Å².